The summed E-state index contributed by atoms with van der Waals surface area (Å²) in [5, 5.41) is 17.7. The molecular weight excluding hydrogens is 310 g/mol. The van der Waals surface area contributed by atoms with Gasteiger partial charge in [-0.15, -0.1) is 0 Å². The molecular formula is C11H6F6O4. The van der Waals surface area contributed by atoms with Crippen LogP contribution in [0.2, 0.25) is 0 Å². The Morgan fingerprint density at radius 1 is 1.05 bits per heavy atom. The molecule has 1 unspecified atom stereocenters. The van der Waals surface area contributed by atoms with Gasteiger partial charge in [-0.1, -0.05) is 0 Å². The molecule has 0 aliphatic carbocycles. The Morgan fingerprint density at radius 2 is 1.48 bits per heavy atom. The van der Waals surface area contributed by atoms with E-state index < -0.39 is 46.7 Å². The summed E-state index contributed by atoms with van der Waals surface area (Å²) >= 11 is 0. The first-order valence-corrected chi connectivity index (χ1v) is 5.08. The topological polar surface area (TPSA) is 74.6 Å². The van der Waals surface area contributed by atoms with Crippen LogP contribution in [-0.2, 0) is 17.1 Å². The second-order valence-electron chi connectivity index (χ2n) is 3.88. The van der Waals surface area contributed by atoms with Gasteiger partial charge in [0.25, 0.3) is 0 Å². The van der Waals surface area contributed by atoms with Crippen molar-refractivity contribution < 1.29 is 46.1 Å². The van der Waals surface area contributed by atoms with Gasteiger partial charge in [0.1, 0.15) is 6.29 Å². The zero-order chi connectivity index (χ0) is 16.6. The Morgan fingerprint density at radius 3 is 1.81 bits per heavy atom. The van der Waals surface area contributed by atoms with E-state index in [1.807, 2.05) is 0 Å². The molecule has 1 aromatic rings. The standard InChI is InChI=1S/C11H6F6O4/c12-10(13,14)6-1-4(3-18)5(8(19)9(20)21)2-7(6)11(15,16)17/h1-3,8,19H,(H,20,21). The number of halogens is 6. The molecule has 1 rings (SSSR count). The van der Waals surface area contributed by atoms with E-state index >= 15 is 0 Å². The number of aliphatic hydroxyl groups excluding tert-OH is 1. The van der Waals surface area contributed by atoms with E-state index in [-0.39, 0.29) is 18.4 Å². The van der Waals surface area contributed by atoms with E-state index in [1.54, 1.807) is 0 Å². The quantitative estimate of drug-likeness (QED) is 0.664. The smallest absolute Gasteiger partial charge is 0.417 e. The minimum atomic E-state index is -5.45. The number of hydrogen-bond acceptors (Lipinski definition) is 3. The maximum Gasteiger partial charge on any atom is 0.417 e. The average molecular weight is 316 g/mol. The van der Waals surface area contributed by atoms with Crippen LogP contribution in [0.25, 0.3) is 0 Å². The summed E-state index contributed by atoms with van der Waals surface area (Å²) in [5.41, 5.74) is -6.39. The third kappa shape index (κ3) is 3.51. The summed E-state index contributed by atoms with van der Waals surface area (Å²) in [6.45, 7) is 0. The Bertz CT molecular complexity index is 575. The maximum atomic E-state index is 12.6. The molecule has 0 fully saturated rings. The Hall–Kier alpha value is -2.10. The molecule has 0 bridgehead atoms. The number of aldehydes is 1. The number of carboxylic acids is 1. The van der Waals surface area contributed by atoms with Gasteiger partial charge in [-0.3, -0.25) is 4.79 Å². The fourth-order valence-electron chi connectivity index (χ4n) is 1.57. The Balaban J connectivity index is 3.72. The van der Waals surface area contributed by atoms with Crippen LogP contribution < -0.4 is 0 Å². The van der Waals surface area contributed by atoms with Gasteiger partial charge in [0.15, 0.2) is 6.10 Å². The van der Waals surface area contributed by atoms with E-state index in [9.17, 15) is 41.0 Å². The van der Waals surface area contributed by atoms with Crippen LogP contribution >= 0.6 is 0 Å². The van der Waals surface area contributed by atoms with Crippen molar-refractivity contribution in [3.8, 4) is 0 Å². The lowest BCUT2D eigenvalue weighted by Crippen LogP contribution is -2.20. The number of aliphatic carboxylic acids is 1. The fraction of sp³-hybridized carbons (Fsp3) is 0.273. The van der Waals surface area contributed by atoms with Crippen molar-refractivity contribution >= 4 is 12.3 Å². The summed E-state index contributed by atoms with van der Waals surface area (Å²) in [6, 6.07) is -0.331. The Labute approximate surface area is 112 Å². The lowest BCUT2D eigenvalue weighted by Gasteiger charge is -2.19. The van der Waals surface area contributed by atoms with Gasteiger partial charge in [-0.2, -0.15) is 26.3 Å². The summed E-state index contributed by atoms with van der Waals surface area (Å²) in [7, 11) is 0. The lowest BCUT2D eigenvalue weighted by molar-refractivity contribution is -0.162. The number of hydrogen-bond donors (Lipinski definition) is 2. The molecule has 0 radical (unpaired) electrons. The fourth-order valence-corrected chi connectivity index (χ4v) is 1.57. The van der Waals surface area contributed by atoms with Crippen LogP contribution in [0.15, 0.2) is 12.1 Å². The van der Waals surface area contributed by atoms with Crippen molar-refractivity contribution in [2.45, 2.75) is 18.5 Å². The van der Waals surface area contributed by atoms with Crippen molar-refractivity contribution in [1.82, 2.24) is 0 Å². The van der Waals surface area contributed by atoms with Crippen LogP contribution in [0.3, 0.4) is 0 Å². The molecule has 0 spiro atoms. The molecule has 1 aromatic carbocycles. The normalized spacial score (nSPS) is 13.9. The second kappa shape index (κ2) is 5.35. The van der Waals surface area contributed by atoms with E-state index in [2.05, 4.69) is 0 Å². The lowest BCUT2D eigenvalue weighted by atomic mass is 9.95. The van der Waals surface area contributed by atoms with Gasteiger partial charge < -0.3 is 10.2 Å². The van der Waals surface area contributed by atoms with E-state index in [0.717, 1.165) is 0 Å². The third-order valence-corrected chi connectivity index (χ3v) is 2.49. The molecule has 0 aliphatic rings. The molecule has 0 saturated carbocycles. The van der Waals surface area contributed by atoms with E-state index in [1.165, 1.54) is 0 Å². The summed E-state index contributed by atoms with van der Waals surface area (Å²) in [6.07, 6.45) is -13.7. The summed E-state index contributed by atoms with van der Waals surface area (Å²) < 4.78 is 75.7. The molecule has 0 heterocycles. The monoisotopic (exact) mass is 316 g/mol. The SMILES string of the molecule is O=Cc1cc(C(F)(F)F)c(C(F)(F)F)cc1C(O)C(=O)O. The predicted octanol–water partition coefficient (Wildman–Crippen LogP) is 2.65. The minimum absolute atomic E-state index is 0.142. The zero-order valence-electron chi connectivity index (χ0n) is 9.79. The first kappa shape index (κ1) is 17.0. The molecule has 10 heteroatoms. The number of rotatable bonds is 3. The molecule has 0 saturated heterocycles. The molecule has 116 valence electrons. The highest BCUT2D eigenvalue weighted by Gasteiger charge is 2.44. The predicted molar refractivity (Wildman–Crippen MR) is 54.4 cm³/mol. The first-order chi connectivity index (χ1) is 9.39. The van der Waals surface area contributed by atoms with Crippen molar-refractivity contribution in [2.75, 3.05) is 0 Å². The number of carbonyl (C=O) groups is 2. The highest BCUT2D eigenvalue weighted by Crippen LogP contribution is 2.42. The van der Waals surface area contributed by atoms with Gasteiger partial charge in [-0.25, -0.2) is 4.79 Å². The van der Waals surface area contributed by atoms with Crippen LogP contribution in [0.1, 0.15) is 33.2 Å². The van der Waals surface area contributed by atoms with Crippen molar-refractivity contribution in [3.63, 3.8) is 0 Å². The minimum Gasteiger partial charge on any atom is -0.479 e. The van der Waals surface area contributed by atoms with E-state index in [0.29, 0.717) is 0 Å². The zero-order valence-corrected chi connectivity index (χ0v) is 9.79. The second-order valence-corrected chi connectivity index (χ2v) is 3.88. The number of alkyl halides is 6. The molecule has 0 amide bonds. The average Bonchev–Trinajstić information content (AvgIpc) is 2.33. The largest absolute Gasteiger partial charge is 0.479 e. The summed E-state index contributed by atoms with van der Waals surface area (Å²) in [5.74, 6) is -2.01. The highest BCUT2D eigenvalue weighted by atomic mass is 19.4. The Kier molecular flexibility index (Phi) is 4.32. The maximum absolute atomic E-state index is 12.6. The molecule has 4 nitrogen and oxygen atoms in total. The number of carboxylic acid groups (broad SMARTS) is 1. The molecule has 1 atom stereocenters. The molecule has 0 aliphatic heterocycles. The van der Waals surface area contributed by atoms with Gasteiger partial charge in [0, 0.05) is 11.1 Å². The van der Waals surface area contributed by atoms with Crippen molar-refractivity contribution in [3.05, 3.63) is 34.4 Å². The molecule has 0 aromatic heterocycles. The molecule has 2 N–H and O–H groups in total. The van der Waals surface area contributed by atoms with Crippen LogP contribution in [0.4, 0.5) is 26.3 Å². The van der Waals surface area contributed by atoms with Gasteiger partial charge >= 0.3 is 18.3 Å². The number of carbonyl (C=O) groups excluding carboxylic acids is 1. The van der Waals surface area contributed by atoms with Crippen molar-refractivity contribution in [1.29, 1.82) is 0 Å². The van der Waals surface area contributed by atoms with Gasteiger partial charge in [-0.05, 0) is 12.1 Å². The van der Waals surface area contributed by atoms with Crippen molar-refractivity contribution in [2.24, 2.45) is 0 Å². The first-order valence-electron chi connectivity index (χ1n) is 5.08. The third-order valence-electron chi connectivity index (χ3n) is 2.49. The highest BCUT2D eigenvalue weighted by molar-refractivity contribution is 5.83. The summed E-state index contributed by atoms with van der Waals surface area (Å²) in [4.78, 5) is 21.2. The van der Waals surface area contributed by atoms with Crippen LogP contribution in [0.5, 0.6) is 0 Å². The van der Waals surface area contributed by atoms with Gasteiger partial charge in [0.2, 0.25) is 0 Å². The number of benzene rings is 1. The van der Waals surface area contributed by atoms with E-state index in [4.69, 9.17) is 5.11 Å². The molecule has 21 heavy (non-hydrogen) atoms. The number of aliphatic hydroxyl groups is 1. The van der Waals surface area contributed by atoms with Crippen LogP contribution in [0, 0.1) is 0 Å². The van der Waals surface area contributed by atoms with Crippen LogP contribution in [-0.4, -0.2) is 22.5 Å². The van der Waals surface area contributed by atoms with Gasteiger partial charge in [0.05, 0.1) is 11.1 Å².